The highest BCUT2D eigenvalue weighted by Gasteiger charge is 2.47. The van der Waals surface area contributed by atoms with Gasteiger partial charge in [0, 0.05) is 18.5 Å². The summed E-state index contributed by atoms with van der Waals surface area (Å²) in [6, 6.07) is 0. The van der Waals surface area contributed by atoms with Gasteiger partial charge in [0.25, 0.3) is 0 Å². The van der Waals surface area contributed by atoms with Gasteiger partial charge in [-0.3, -0.25) is 0 Å². The van der Waals surface area contributed by atoms with Gasteiger partial charge >= 0.3 is 5.97 Å². The second kappa shape index (κ2) is 14.1. The molecule has 162 valence electrons. The number of hydrogen-bond acceptors (Lipinski definition) is 4. The molecule has 2 aliphatic rings. The molecule has 28 heavy (non-hydrogen) atoms. The lowest BCUT2D eigenvalue weighted by Gasteiger charge is -2.28. The topological polar surface area (TPSA) is 70.6 Å². The fourth-order valence-corrected chi connectivity index (χ4v) is 4.79. The number of fused-ring (bicyclic) bond motifs is 2. The number of nitrogens with one attached hydrogen (secondary N) is 2. The molecule has 2 fully saturated rings. The van der Waals surface area contributed by atoms with Crippen LogP contribution in [0.5, 0.6) is 0 Å². The number of rotatable bonds is 17. The predicted octanol–water partition coefficient (Wildman–Crippen LogP) is 4.13. The maximum atomic E-state index is 10.5. The largest absolute Gasteiger partial charge is 0.478 e. The molecule has 0 spiro atoms. The predicted molar refractivity (Wildman–Crippen MR) is 115 cm³/mol. The molecule has 0 amide bonds. The van der Waals surface area contributed by atoms with Crippen molar-refractivity contribution in [3.8, 4) is 0 Å². The van der Waals surface area contributed by atoms with Crippen molar-refractivity contribution in [2.45, 2.75) is 89.8 Å². The number of unbranched alkanes of at least 4 members (excludes halogenated alkanes) is 5. The maximum Gasteiger partial charge on any atom is 0.327 e. The van der Waals surface area contributed by atoms with Gasteiger partial charge in [0.2, 0.25) is 0 Å². The molecule has 2 rings (SSSR count). The Bertz CT molecular complexity index is 455. The van der Waals surface area contributed by atoms with Gasteiger partial charge in [-0.05, 0) is 70.5 Å². The molecule has 0 unspecified atom stereocenters. The summed E-state index contributed by atoms with van der Waals surface area (Å²) in [7, 11) is 0. The standard InChI is InChI=1S/C23H42N2O3/c1-2-3-4-9-15-24-16-10-17-25-18-20-19(21-13-14-22(20)28-21)11-7-5-6-8-12-23(26)27/h8,12,19-22,24-25H,2-7,9-11,13-18H2,1H3,(H,26,27)/b12-8+/t19-,20+,21-,22+/m1/s1. The molecule has 2 heterocycles. The molecule has 0 aromatic carbocycles. The Hall–Kier alpha value is -0.910. The van der Waals surface area contributed by atoms with Gasteiger partial charge in [0.1, 0.15) is 0 Å². The highest BCUT2D eigenvalue weighted by molar-refractivity contribution is 5.79. The van der Waals surface area contributed by atoms with Crippen LogP contribution in [0.2, 0.25) is 0 Å². The van der Waals surface area contributed by atoms with E-state index in [2.05, 4.69) is 17.6 Å². The van der Waals surface area contributed by atoms with E-state index in [-0.39, 0.29) is 0 Å². The van der Waals surface area contributed by atoms with E-state index >= 15 is 0 Å². The van der Waals surface area contributed by atoms with Crippen molar-refractivity contribution in [2.75, 3.05) is 26.2 Å². The van der Waals surface area contributed by atoms with Crippen LogP contribution in [0.1, 0.15) is 77.6 Å². The molecule has 2 saturated heterocycles. The van der Waals surface area contributed by atoms with Crippen LogP contribution in [0.25, 0.3) is 0 Å². The SMILES string of the molecule is CCCCCCNCCCNC[C@H]1[C@@H](CCCC/C=C/C(=O)O)[C@H]2CC[C@@H]1O2. The minimum atomic E-state index is -0.848. The summed E-state index contributed by atoms with van der Waals surface area (Å²) in [5.41, 5.74) is 0. The van der Waals surface area contributed by atoms with E-state index in [1.807, 2.05) is 0 Å². The van der Waals surface area contributed by atoms with Crippen LogP contribution in [0, 0.1) is 11.8 Å². The molecule has 3 N–H and O–H groups in total. The first-order valence-electron chi connectivity index (χ1n) is 11.7. The molecular formula is C23H42N2O3. The molecule has 0 aliphatic carbocycles. The van der Waals surface area contributed by atoms with Crippen LogP contribution in [0.15, 0.2) is 12.2 Å². The van der Waals surface area contributed by atoms with Crippen LogP contribution in [-0.2, 0) is 9.53 Å². The summed E-state index contributed by atoms with van der Waals surface area (Å²) in [5, 5.41) is 15.9. The highest BCUT2D eigenvalue weighted by Crippen LogP contribution is 2.45. The first-order chi connectivity index (χ1) is 13.7. The third kappa shape index (κ3) is 8.62. The van der Waals surface area contributed by atoms with Gasteiger partial charge in [0.05, 0.1) is 12.2 Å². The van der Waals surface area contributed by atoms with Crippen molar-refractivity contribution in [1.82, 2.24) is 10.6 Å². The summed E-state index contributed by atoms with van der Waals surface area (Å²) >= 11 is 0. The molecule has 2 bridgehead atoms. The monoisotopic (exact) mass is 394 g/mol. The number of carboxylic acids is 1. The number of ether oxygens (including phenoxy) is 1. The lowest BCUT2D eigenvalue weighted by Crippen LogP contribution is -2.36. The van der Waals surface area contributed by atoms with Gasteiger partial charge in [0.15, 0.2) is 0 Å². The normalized spacial score (nSPS) is 26.5. The van der Waals surface area contributed by atoms with E-state index < -0.39 is 5.97 Å². The molecular weight excluding hydrogens is 352 g/mol. The maximum absolute atomic E-state index is 10.5. The van der Waals surface area contributed by atoms with Crippen LogP contribution in [0.4, 0.5) is 0 Å². The number of allylic oxidation sites excluding steroid dienone is 1. The summed E-state index contributed by atoms with van der Waals surface area (Å²) in [4.78, 5) is 10.5. The minimum Gasteiger partial charge on any atom is -0.478 e. The minimum absolute atomic E-state index is 0.464. The Morgan fingerprint density at radius 3 is 2.50 bits per heavy atom. The van der Waals surface area contributed by atoms with Gasteiger partial charge in [-0.2, -0.15) is 0 Å². The number of hydrogen-bond donors (Lipinski definition) is 3. The van der Waals surface area contributed by atoms with E-state index in [1.165, 1.54) is 63.9 Å². The van der Waals surface area contributed by atoms with Gasteiger partial charge < -0.3 is 20.5 Å². The third-order valence-electron chi connectivity index (χ3n) is 6.30. The third-order valence-corrected chi connectivity index (χ3v) is 6.30. The summed E-state index contributed by atoms with van der Waals surface area (Å²) in [5.74, 6) is 0.501. The van der Waals surface area contributed by atoms with Crippen molar-refractivity contribution in [3.63, 3.8) is 0 Å². The summed E-state index contributed by atoms with van der Waals surface area (Å²) < 4.78 is 6.21. The van der Waals surface area contributed by atoms with E-state index in [9.17, 15) is 4.79 Å². The quantitative estimate of drug-likeness (QED) is 0.256. The first-order valence-corrected chi connectivity index (χ1v) is 11.7. The Labute approximate surface area is 171 Å². The molecule has 2 aliphatic heterocycles. The summed E-state index contributed by atoms with van der Waals surface area (Å²) in [6.45, 7) is 6.69. The second-order valence-corrected chi connectivity index (χ2v) is 8.51. The van der Waals surface area contributed by atoms with Gasteiger partial charge in [-0.25, -0.2) is 4.79 Å². The fraction of sp³-hybridized carbons (Fsp3) is 0.870. The zero-order valence-electron chi connectivity index (χ0n) is 17.8. The van der Waals surface area contributed by atoms with Crippen molar-refractivity contribution in [2.24, 2.45) is 11.8 Å². The van der Waals surface area contributed by atoms with E-state index in [0.717, 1.165) is 39.0 Å². The van der Waals surface area contributed by atoms with Crippen LogP contribution >= 0.6 is 0 Å². The number of carbonyl (C=O) groups is 1. The molecule has 5 nitrogen and oxygen atoms in total. The Morgan fingerprint density at radius 1 is 0.964 bits per heavy atom. The lowest BCUT2D eigenvalue weighted by molar-refractivity contribution is -0.131. The highest BCUT2D eigenvalue weighted by atomic mass is 16.5. The number of carboxylic acid groups (broad SMARTS) is 1. The van der Waals surface area contributed by atoms with Crippen LogP contribution in [0.3, 0.4) is 0 Å². The van der Waals surface area contributed by atoms with Gasteiger partial charge in [-0.15, -0.1) is 0 Å². The first kappa shape index (κ1) is 23.4. The smallest absolute Gasteiger partial charge is 0.327 e. The summed E-state index contributed by atoms with van der Waals surface area (Å²) in [6.07, 6.45) is 17.2. The lowest BCUT2D eigenvalue weighted by atomic mass is 9.76. The van der Waals surface area contributed by atoms with Gasteiger partial charge in [-0.1, -0.05) is 38.7 Å². The van der Waals surface area contributed by atoms with E-state index in [0.29, 0.717) is 24.0 Å². The van der Waals surface area contributed by atoms with Crippen molar-refractivity contribution in [3.05, 3.63) is 12.2 Å². The average molecular weight is 395 g/mol. The van der Waals surface area contributed by atoms with Crippen molar-refractivity contribution >= 4 is 5.97 Å². The Morgan fingerprint density at radius 2 is 1.71 bits per heavy atom. The average Bonchev–Trinajstić information content (AvgIpc) is 3.28. The van der Waals surface area contributed by atoms with Crippen LogP contribution < -0.4 is 10.6 Å². The molecule has 0 radical (unpaired) electrons. The van der Waals surface area contributed by atoms with E-state index in [4.69, 9.17) is 9.84 Å². The fourth-order valence-electron chi connectivity index (χ4n) is 4.79. The van der Waals surface area contributed by atoms with E-state index in [1.54, 1.807) is 6.08 Å². The molecule has 0 aromatic heterocycles. The Kier molecular flexibility index (Phi) is 11.8. The molecule has 0 aromatic rings. The molecule has 5 heteroatoms. The van der Waals surface area contributed by atoms with Crippen molar-refractivity contribution in [1.29, 1.82) is 0 Å². The zero-order chi connectivity index (χ0) is 20.0. The second-order valence-electron chi connectivity index (χ2n) is 8.51. The van der Waals surface area contributed by atoms with Crippen LogP contribution in [-0.4, -0.2) is 49.5 Å². The number of aliphatic carboxylic acids is 1. The molecule has 4 atom stereocenters. The zero-order valence-corrected chi connectivity index (χ0v) is 17.8. The molecule has 0 saturated carbocycles. The van der Waals surface area contributed by atoms with Crippen molar-refractivity contribution < 1.29 is 14.6 Å². The Balaban J connectivity index is 1.53.